The highest BCUT2D eigenvalue weighted by molar-refractivity contribution is 5.92. The van der Waals surface area contributed by atoms with Crippen LogP contribution < -0.4 is 4.74 Å². The summed E-state index contributed by atoms with van der Waals surface area (Å²) in [6.07, 6.45) is 0.929. The Morgan fingerprint density at radius 3 is 2.51 bits per heavy atom. The van der Waals surface area contributed by atoms with Crippen molar-refractivity contribution >= 4 is 10.9 Å². The third-order valence-corrected chi connectivity index (χ3v) is 6.95. The van der Waals surface area contributed by atoms with Gasteiger partial charge < -0.3 is 14.4 Å². The van der Waals surface area contributed by atoms with Crippen molar-refractivity contribution in [2.24, 2.45) is 5.92 Å². The van der Waals surface area contributed by atoms with Crippen LogP contribution in [0, 0.1) is 18.7 Å². The first kappa shape index (κ1) is 23.4. The Hall–Kier alpha value is -3.38. The van der Waals surface area contributed by atoms with Crippen molar-refractivity contribution in [1.29, 1.82) is 0 Å². The number of halogens is 2. The lowest BCUT2D eigenvalue weighted by Gasteiger charge is -2.16. The topological polar surface area (TPSA) is 37.6 Å². The SMILES string of the molecule is Cc1c(-c2ccc(F)cc2)n(Cc2ccc(OCCN3CC[C@@H](CF)C3)cc2)c2ccc(O)cc12. The number of hydrogen-bond acceptors (Lipinski definition) is 3. The molecule has 1 fully saturated rings. The minimum Gasteiger partial charge on any atom is -0.508 e. The second-order valence-corrected chi connectivity index (χ2v) is 9.37. The van der Waals surface area contributed by atoms with Crippen LogP contribution in [0.5, 0.6) is 11.5 Å². The van der Waals surface area contributed by atoms with E-state index in [0.29, 0.717) is 13.2 Å². The molecule has 1 aliphatic rings. The molecule has 0 spiro atoms. The number of ether oxygens (including phenoxy) is 1. The molecule has 0 aliphatic carbocycles. The Labute approximate surface area is 204 Å². The zero-order valence-corrected chi connectivity index (χ0v) is 19.9. The molecule has 1 saturated heterocycles. The van der Waals surface area contributed by atoms with Gasteiger partial charge in [-0.15, -0.1) is 0 Å². The van der Waals surface area contributed by atoms with E-state index in [1.54, 1.807) is 24.3 Å². The van der Waals surface area contributed by atoms with Gasteiger partial charge in [-0.05, 0) is 91.2 Å². The fourth-order valence-corrected chi connectivity index (χ4v) is 5.06. The second kappa shape index (κ2) is 10.1. The number of nitrogens with zero attached hydrogens (tertiary/aromatic N) is 2. The normalized spacial score (nSPS) is 16.3. The number of aromatic nitrogens is 1. The first-order valence-corrected chi connectivity index (χ1v) is 12.1. The molecule has 0 radical (unpaired) electrons. The summed E-state index contributed by atoms with van der Waals surface area (Å²) in [7, 11) is 0. The molecule has 182 valence electrons. The number of fused-ring (bicyclic) bond motifs is 1. The van der Waals surface area contributed by atoms with E-state index in [1.807, 2.05) is 25.1 Å². The summed E-state index contributed by atoms with van der Waals surface area (Å²) in [4.78, 5) is 2.26. The molecule has 0 amide bonds. The van der Waals surface area contributed by atoms with Crippen LogP contribution in [0.3, 0.4) is 0 Å². The summed E-state index contributed by atoms with van der Waals surface area (Å²) in [5, 5.41) is 11.0. The van der Waals surface area contributed by atoms with Crippen molar-refractivity contribution in [3.8, 4) is 22.8 Å². The maximum Gasteiger partial charge on any atom is 0.123 e. The molecule has 35 heavy (non-hydrogen) atoms. The largest absolute Gasteiger partial charge is 0.508 e. The second-order valence-electron chi connectivity index (χ2n) is 9.37. The van der Waals surface area contributed by atoms with E-state index in [-0.39, 0.29) is 24.2 Å². The van der Waals surface area contributed by atoms with Crippen LogP contribution in [0.2, 0.25) is 0 Å². The summed E-state index contributed by atoms with van der Waals surface area (Å²) in [5.41, 5.74) is 5.09. The molecular formula is C29H30F2N2O2. The minimum atomic E-state index is -0.269. The molecule has 1 N–H and O–H groups in total. The maximum absolute atomic E-state index is 13.6. The van der Waals surface area contributed by atoms with Gasteiger partial charge in [0.15, 0.2) is 0 Å². The molecule has 0 unspecified atom stereocenters. The smallest absolute Gasteiger partial charge is 0.123 e. The third-order valence-electron chi connectivity index (χ3n) is 6.95. The van der Waals surface area contributed by atoms with Crippen LogP contribution in [0.4, 0.5) is 8.78 Å². The molecule has 4 aromatic rings. The van der Waals surface area contributed by atoms with Crippen molar-refractivity contribution in [3.05, 3.63) is 83.7 Å². The van der Waals surface area contributed by atoms with Gasteiger partial charge in [-0.2, -0.15) is 0 Å². The maximum atomic E-state index is 13.6. The number of likely N-dealkylation sites (tertiary alicyclic amines) is 1. The molecule has 0 saturated carbocycles. The summed E-state index contributed by atoms with van der Waals surface area (Å²) in [6.45, 7) is 5.56. The standard InChI is InChI=1S/C29H30F2N2O2/c1-20-27-16-25(34)8-11-28(27)33(29(20)23-4-6-24(31)7-5-23)19-21-2-9-26(10-3-21)35-15-14-32-13-12-22(17-30)18-32/h2-11,16,22,34H,12-15,17-19H2,1H3/t22-/m0/s1. The lowest BCUT2D eigenvalue weighted by Crippen LogP contribution is -2.26. The van der Waals surface area contributed by atoms with Gasteiger partial charge in [0, 0.05) is 36.5 Å². The van der Waals surface area contributed by atoms with Crippen LogP contribution in [-0.2, 0) is 6.54 Å². The van der Waals surface area contributed by atoms with Gasteiger partial charge >= 0.3 is 0 Å². The molecule has 2 heterocycles. The van der Waals surface area contributed by atoms with E-state index in [0.717, 1.165) is 65.1 Å². The summed E-state index contributed by atoms with van der Waals surface area (Å²) < 4.78 is 34.5. The highest BCUT2D eigenvalue weighted by atomic mass is 19.1. The summed E-state index contributed by atoms with van der Waals surface area (Å²) >= 11 is 0. The number of aromatic hydroxyl groups is 1. The molecule has 5 rings (SSSR count). The molecular weight excluding hydrogens is 446 g/mol. The van der Waals surface area contributed by atoms with Gasteiger partial charge in [-0.3, -0.25) is 9.29 Å². The average molecular weight is 477 g/mol. The van der Waals surface area contributed by atoms with Crippen LogP contribution >= 0.6 is 0 Å². The first-order valence-electron chi connectivity index (χ1n) is 12.1. The highest BCUT2D eigenvalue weighted by Gasteiger charge is 2.22. The highest BCUT2D eigenvalue weighted by Crippen LogP contribution is 2.35. The average Bonchev–Trinajstić information content (AvgIpc) is 3.43. The number of phenols is 1. The zero-order chi connectivity index (χ0) is 24.4. The predicted molar refractivity (Wildman–Crippen MR) is 135 cm³/mol. The summed E-state index contributed by atoms with van der Waals surface area (Å²) in [6, 6.07) is 20.0. The number of alkyl halides is 1. The fourth-order valence-electron chi connectivity index (χ4n) is 5.06. The van der Waals surface area contributed by atoms with Gasteiger partial charge in [0.05, 0.1) is 12.4 Å². The Morgan fingerprint density at radius 1 is 1.03 bits per heavy atom. The molecule has 4 nitrogen and oxygen atoms in total. The molecule has 6 heteroatoms. The Bertz CT molecular complexity index is 1300. The number of aryl methyl sites for hydroxylation is 1. The monoisotopic (exact) mass is 476 g/mol. The number of rotatable bonds is 8. The molecule has 1 atom stereocenters. The van der Waals surface area contributed by atoms with E-state index in [1.165, 1.54) is 12.1 Å². The van der Waals surface area contributed by atoms with E-state index >= 15 is 0 Å². The van der Waals surface area contributed by atoms with Crippen molar-refractivity contribution in [3.63, 3.8) is 0 Å². The quantitative estimate of drug-likeness (QED) is 0.330. The Balaban J connectivity index is 1.34. The van der Waals surface area contributed by atoms with E-state index in [9.17, 15) is 13.9 Å². The van der Waals surface area contributed by atoms with Gasteiger partial charge in [-0.25, -0.2) is 4.39 Å². The van der Waals surface area contributed by atoms with Crippen LogP contribution in [0.25, 0.3) is 22.2 Å². The van der Waals surface area contributed by atoms with Crippen LogP contribution in [0.1, 0.15) is 17.5 Å². The summed E-state index contributed by atoms with van der Waals surface area (Å²) in [5.74, 6) is 0.937. The fraction of sp³-hybridized carbons (Fsp3) is 0.310. The van der Waals surface area contributed by atoms with E-state index < -0.39 is 0 Å². The number of benzene rings is 3. The van der Waals surface area contributed by atoms with Crippen molar-refractivity contribution < 1.29 is 18.6 Å². The zero-order valence-electron chi connectivity index (χ0n) is 19.9. The lowest BCUT2D eigenvalue weighted by atomic mass is 10.1. The van der Waals surface area contributed by atoms with Crippen molar-refractivity contribution in [2.75, 3.05) is 32.9 Å². The van der Waals surface area contributed by atoms with E-state index in [4.69, 9.17) is 4.74 Å². The molecule has 3 aromatic carbocycles. The Kier molecular flexibility index (Phi) is 6.73. The van der Waals surface area contributed by atoms with Gasteiger partial charge in [-0.1, -0.05) is 12.1 Å². The van der Waals surface area contributed by atoms with Gasteiger partial charge in [0.1, 0.15) is 23.9 Å². The van der Waals surface area contributed by atoms with E-state index in [2.05, 4.69) is 21.6 Å². The first-order chi connectivity index (χ1) is 17.0. The Morgan fingerprint density at radius 2 is 1.80 bits per heavy atom. The van der Waals surface area contributed by atoms with Crippen LogP contribution in [0.15, 0.2) is 66.7 Å². The minimum absolute atomic E-state index is 0.173. The molecule has 1 aliphatic heterocycles. The lowest BCUT2D eigenvalue weighted by molar-refractivity contribution is 0.228. The van der Waals surface area contributed by atoms with Gasteiger partial charge in [0.25, 0.3) is 0 Å². The molecule has 1 aromatic heterocycles. The number of phenolic OH excluding ortho intramolecular Hbond substituents is 1. The predicted octanol–water partition coefficient (Wildman–Crippen LogP) is 6.18. The number of hydrogen-bond donors (Lipinski definition) is 1. The molecule has 0 bridgehead atoms. The van der Waals surface area contributed by atoms with Crippen LogP contribution in [-0.4, -0.2) is 47.5 Å². The van der Waals surface area contributed by atoms with Crippen molar-refractivity contribution in [1.82, 2.24) is 9.47 Å². The third kappa shape index (κ3) is 5.03. The van der Waals surface area contributed by atoms with Gasteiger partial charge in [0.2, 0.25) is 0 Å². The van der Waals surface area contributed by atoms with Crippen molar-refractivity contribution in [2.45, 2.75) is 19.9 Å².